The zero-order chi connectivity index (χ0) is 17.8. The van der Waals surface area contributed by atoms with Gasteiger partial charge in [0.25, 0.3) is 0 Å². The maximum Gasteiger partial charge on any atom is 0.241 e. The van der Waals surface area contributed by atoms with Gasteiger partial charge in [0.1, 0.15) is 5.82 Å². The zero-order valence-corrected chi connectivity index (χ0v) is 14.8. The van der Waals surface area contributed by atoms with Crippen molar-refractivity contribution in [3.8, 4) is 0 Å². The Morgan fingerprint density at radius 3 is 2.44 bits per heavy atom. The topological polar surface area (TPSA) is 35.6 Å². The highest BCUT2D eigenvalue weighted by atomic mass is 35.5. The second-order valence-corrected chi connectivity index (χ2v) is 6.58. The summed E-state index contributed by atoms with van der Waals surface area (Å²) >= 11 is 5.74. The summed E-state index contributed by atoms with van der Waals surface area (Å²) in [5, 5.41) is 2.96. The standard InChI is InChI=1S/C19H21ClFN3O/c1-14(19(25)22-18-8-7-15(20)13-17(18)21)23-9-11-24(12-10-23)16-5-3-2-4-6-16/h2-8,13-14H,9-12H2,1H3,(H,22,25)/t14-/m1/s1. The Hall–Kier alpha value is -2.11. The van der Waals surface area contributed by atoms with E-state index >= 15 is 0 Å². The maximum absolute atomic E-state index is 13.8. The van der Waals surface area contributed by atoms with E-state index in [1.807, 2.05) is 25.1 Å². The summed E-state index contributed by atoms with van der Waals surface area (Å²) in [5.41, 5.74) is 1.35. The van der Waals surface area contributed by atoms with Crippen LogP contribution in [0.5, 0.6) is 0 Å². The number of hydrogen-bond donors (Lipinski definition) is 1. The minimum atomic E-state index is -0.526. The third-order valence-corrected chi connectivity index (χ3v) is 4.79. The van der Waals surface area contributed by atoms with Crippen molar-refractivity contribution in [1.29, 1.82) is 0 Å². The smallest absolute Gasteiger partial charge is 0.241 e. The molecule has 3 rings (SSSR count). The summed E-state index contributed by atoms with van der Waals surface area (Å²) in [6, 6.07) is 14.1. The monoisotopic (exact) mass is 361 g/mol. The molecule has 1 aliphatic rings. The van der Waals surface area contributed by atoms with Gasteiger partial charge in [0.15, 0.2) is 0 Å². The fourth-order valence-electron chi connectivity index (χ4n) is 3.00. The van der Waals surface area contributed by atoms with Crippen LogP contribution in [0.1, 0.15) is 6.92 Å². The molecule has 2 aromatic rings. The summed E-state index contributed by atoms with van der Waals surface area (Å²) in [4.78, 5) is 16.9. The van der Waals surface area contributed by atoms with E-state index in [2.05, 4.69) is 27.2 Å². The third kappa shape index (κ3) is 4.30. The van der Waals surface area contributed by atoms with Gasteiger partial charge in [0, 0.05) is 36.9 Å². The second-order valence-electron chi connectivity index (χ2n) is 6.15. The fraction of sp³-hybridized carbons (Fsp3) is 0.316. The van der Waals surface area contributed by atoms with E-state index in [9.17, 15) is 9.18 Å². The van der Waals surface area contributed by atoms with Crippen LogP contribution in [-0.4, -0.2) is 43.0 Å². The Morgan fingerprint density at radius 2 is 1.80 bits per heavy atom. The van der Waals surface area contributed by atoms with Crippen LogP contribution in [0.15, 0.2) is 48.5 Å². The maximum atomic E-state index is 13.8. The van der Waals surface area contributed by atoms with E-state index in [1.165, 1.54) is 17.8 Å². The molecule has 0 aromatic heterocycles. The van der Waals surface area contributed by atoms with E-state index in [0.29, 0.717) is 5.02 Å². The number of carbonyl (C=O) groups is 1. The molecule has 0 aliphatic carbocycles. The Balaban J connectivity index is 1.56. The quantitative estimate of drug-likeness (QED) is 0.903. The molecule has 1 heterocycles. The van der Waals surface area contributed by atoms with Gasteiger partial charge in [0.05, 0.1) is 11.7 Å². The van der Waals surface area contributed by atoms with Crippen molar-refractivity contribution in [1.82, 2.24) is 4.90 Å². The molecule has 25 heavy (non-hydrogen) atoms. The largest absolute Gasteiger partial charge is 0.369 e. The summed E-state index contributed by atoms with van der Waals surface area (Å²) in [7, 11) is 0. The predicted octanol–water partition coefficient (Wildman–Crippen LogP) is 3.63. The van der Waals surface area contributed by atoms with Crippen molar-refractivity contribution < 1.29 is 9.18 Å². The first kappa shape index (κ1) is 17.7. The molecule has 0 spiro atoms. The number of anilines is 2. The summed E-state index contributed by atoms with van der Waals surface area (Å²) in [6.07, 6.45) is 0. The molecule has 2 aromatic carbocycles. The van der Waals surface area contributed by atoms with Crippen molar-refractivity contribution in [3.63, 3.8) is 0 Å². The lowest BCUT2D eigenvalue weighted by atomic mass is 10.2. The highest BCUT2D eigenvalue weighted by molar-refractivity contribution is 6.30. The number of benzene rings is 2. The van der Waals surface area contributed by atoms with Gasteiger partial charge in [-0.25, -0.2) is 4.39 Å². The molecule has 0 unspecified atom stereocenters. The number of hydrogen-bond acceptors (Lipinski definition) is 3. The first-order valence-electron chi connectivity index (χ1n) is 8.34. The number of carbonyl (C=O) groups excluding carboxylic acids is 1. The Morgan fingerprint density at radius 1 is 1.12 bits per heavy atom. The van der Waals surface area contributed by atoms with Crippen molar-refractivity contribution in [2.24, 2.45) is 0 Å². The SMILES string of the molecule is C[C@H](C(=O)Nc1ccc(Cl)cc1F)N1CCN(c2ccccc2)CC1. The molecule has 0 saturated carbocycles. The van der Waals surface area contributed by atoms with Crippen LogP contribution in [0.4, 0.5) is 15.8 Å². The highest BCUT2D eigenvalue weighted by Gasteiger charge is 2.26. The van der Waals surface area contributed by atoms with E-state index in [1.54, 1.807) is 6.07 Å². The molecule has 1 amide bonds. The lowest BCUT2D eigenvalue weighted by molar-refractivity contribution is -0.120. The Kier molecular flexibility index (Phi) is 5.56. The van der Waals surface area contributed by atoms with Gasteiger partial charge in [-0.1, -0.05) is 29.8 Å². The lowest BCUT2D eigenvalue weighted by Crippen LogP contribution is -2.52. The lowest BCUT2D eigenvalue weighted by Gasteiger charge is -2.38. The van der Waals surface area contributed by atoms with Crippen LogP contribution in [0.25, 0.3) is 0 Å². The molecule has 0 bridgehead atoms. The van der Waals surface area contributed by atoms with Crippen LogP contribution in [0, 0.1) is 5.82 Å². The van der Waals surface area contributed by atoms with Crippen LogP contribution in [0.3, 0.4) is 0 Å². The van der Waals surface area contributed by atoms with Crippen molar-refractivity contribution in [3.05, 3.63) is 59.4 Å². The van der Waals surface area contributed by atoms with Crippen LogP contribution < -0.4 is 10.2 Å². The van der Waals surface area contributed by atoms with Crippen LogP contribution in [0.2, 0.25) is 5.02 Å². The first-order chi connectivity index (χ1) is 12.0. The summed E-state index contributed by atoms with van der Waals surface area (Å²) < 4.78 is 13.8. The van der Waals surface area contributed by atoms with Crippen molar-refractivity contribution >= 4 is 28.9 Å². The number of rotatable bonds is 4. The molecule has 0 radical (unpaired) electrons. The predicted molar refractivity (Wildman–Crippen MR) is 99.7 cm³/mol. The molecule has 1 N–H and O–H groups in total. The molecule has 1 saturated heterocycles. The number of para-hydroxylation sites is 1. The first-order valence-corrected chi connectivity index (χ1v) is 8.72. The molecule has 132 valence electrons. The summed E-state index contributed by atoms with van der Waals surface area (Å²) in [5.74, 6) is -0.740. The van der Waals surface area contributed by atoms with E-state index < -0.39 is 5.82 Å². The van der Waals surface area contributed by atoms with Crippen molar-refractivity contribution in [2.75, 3.05) is 36.4 Å². The second kappa shape index (κ2) is 7.85. The number of nitrogens with one attached hydrogen (secondary N) is 1. The highest BCUT2D eigenvalue weighted by Crippen LogP contribution is 2.20. The van der Waals surface area contributed by atoms with Gasteiger partial charge in [0.2, 0.25) is 5.91 Å². The minimum Gasteiger partial charge on any atom is -0.369 e. The minimum absolute atomic E-state index is 0.157. The van der Waals surface area contributed by atoms with Gasteiger partial charge in [-0.15, -0.1) is 0 Å². The zero-order valence-electron chi connectivity index (χ0n) is 14.1. The van der Waals surface area contributed by atoms with Gasteiger partial charge in [-0.3, -0.25) is 9.69 Å². The number of halogens is 2. The molecular weight excluding hydrogens is 341 g/mol. The van der Waals surface area contributed by atoms with Gasteiger partial charge in [-0.2, -0.15) is 0 Å². The molecule has 6 heteroatoms. The van der Waals surface area contributed by atoms with Gasteiger partial charge >= 0.3 is 0 Å². The fourth-order valence-corrected chi connectivity index (χ4v) is 3.16. The molecule has 1 fully saturated rings. The summed E-state index contributed by atoms with van der Waals surface area (Å²) in [6.45, 7) is 5.13. The van der Waals surface area contributed by atoms with Gasteiger partial charge < -0.3 is 10.2 Å². The Bertz CT molecular complexity index is 733. The third-order valence-electron chi connectivity index (χ3n) is 4.55. The van der Waals surface area contributed by atoms with Gasteiger partial charge in [-0.05, 0) is 37.3 Å². The number of nitrogens with zero attached hydrogens (tertiary/aromatic N) is 2. The normalized spacial score (nSPS) is 16.5. The van der Waals surface area contributed by atoms with E-state index in [0.717, 1.165) is 26.2 Å². The van der Waals surface area contributed by atoms with Crippen LogP contribution in [-0.2, 0) is 4.79 Å². The van der Waals surface area contributed by atoms with E-state index in [-0.39, 0.29) is 17.6 Å². The molecule has 1 aliphatic heterocycles. The molecular formula is C19H21ClFN3O. The molecule has 1 atom stereocenters. The number of piperazine rings is 1. The van der Waals surface area contributed by atoms with E-state index in [4.69, 9.17) is 11.6 Å². The van der Waals surface area contributed by atoms with Crippen molar-refractivity contribution in [2.45, 2.75) is 13.0 Å². The average Bonchev–Trinajstić information content (AvgIpc) is 2.64. The average molecular weight is 362 g/mol. The number of amides is 1. The Labute approximate surface area is 152 Å². The molecule has 4 nitrogen and oxygen atoms in total. The van der Waals surface area contributed by atoms with Crippen LogP contribution >= 0.6 is 11.6 Å².